The van der Waals surface area contributed by atoms with Crippen molar-refractivity contribution in [1.82, 2.24) is 0 Å². The highest BCUT2D eigenvalue weighted by molar-refractivity contribution is 6.12. The van der Waals surface area contributed by atoms with Gasteiger partial charge in [-0.25, -0.2) is 0 Å². The van der Waals surface area contributed by atoms with E-state index in [0.717, 1.165) is 5.75 Å². The second kappa shape index (κ2) is 15.4. The van der Waals surface area contributed by atoms with Crippen LogP contribution >= 0.6 is 0 Å². The smallest absolute Gasteiger partial charge is 0.193 e. The van der Waals surface area contributed by atoms with E-state index in [2.05, 4.69) is 0 Å². The van der Waals surface area contributed by atoms with E-state index in [0.29, 0.717) is 67.6 Å². The zero-order valence-electron chi connectivity index (χ0n) is 21.5. The van der Waals surface area contributed by atoms with Gasteiger partial charge < -0.3 is 18.9 Å². The van der Waals surface area contributed by atoms with E-state index in [1.165, 1.54) is 37.6 Å². The van der Waals surface area contributed by atoms with Gasteiger partial charge in [0.05, 0.1) is 26.4 Å². The van der Waals surface area contributed by atoms with Gasteiger partial charge in [-0.2, -0.15) is 0 Å². The van der Waals surface area contributed by atoms with Crippen molar-refractivity contribution in [1.29, 1.82) is 0 Å². The van der Waals surface area contributed by atoms with Crippen LogP contribution in [0.2, 0.25) is 0 Å². The van der Waals surface area contributed by atoms with Gasteiger partial charge in [-0.15, -0.1) is 0 Å². The molecular formula is C31H36O7. The van der Waals surface area contributed by atoms with Crippen molar-refractivity contribution in [3.05, 3.63) is 94.5 Å². The van der Waals surface area contributed by atoms with Crippen molar-refractivity contribution < 1.29 is 33.3 Å². The van der Waals surface area contributed by atoms with Crippen molar-refractivity contribution in [3.8, 4) is 11.5 Å². The minimum Gasteiger partial charge on any atom is -0.491 e. The van der Waals surface area contributed by atoms with Crippen LogP contribution in [0.5, 0.6) is 11.5 Å². The molecular weight excluding hydrogens is 484 g/mol. The molecule has 0 aliphatic heterocycles. The standard InChI is InChI=1S/C30H32O7.CH4/c1-21-4-8-28(9-5-21)36-16-14-34-12-13-35-15-17-37-29-10-6-24(7-11-29)30(33)27-19-25(22(2)31)18-26(20-27)23(3)32;/h4-11,18-20H,12-17H2,1-3H3;1H4. The molecule has 0 amide bonds. The molecule has 0 unspecified atom stereocenters. The van der Waals surface area contributed by atoms with Gasteiger partial charge in [0.2, 0.25) is 0 Å². The molecule has 3 aromatic rings. The van der Waals surface area contributed by atoms with E-state index in [-0.39, 0.29) is 24.8 Å². The van der Waals surface area contributed by atoms with E-state index >= 15 is 0 Å². The van der Waals surface area contributed by atoms with E-state index in [4.69, 9.17) is 18.9 Å². The number of hydrogen-bond acceptors (Lipinski definition) is 7. The Hall–Kier alpha value is -3.81. The summed E-state index contributed by atoms with van der Waals surface area (Å²) in [6, 6.07) is 19.1. The van der Waals surface area contributed by atoms with Gasteiger partial charge in [0.25, 0.3) is 0 Å². The first-order valence-corrected chi connectivity index (χ1v) is 12.1. The van der Waals surface area contributed by atoms with Crippen molar-refractivity contribution in [2.45, 2.75) is 28.2 Å². The number of rotatable bonds is 15. The van der Waals surface area contributed by atoms with Gasteiger partial charge in [-0.05, 0) is 75.4 Å². The number of benzene rings is 3. The van der Waals surface area contributed by atoms with Crippen LogP contribution in [0.25, 0.3) is 0 Å². The van der Waals surface area contributed by atoms with Gasteiger partial charge in [-0.3, -0.25) is 14.4 Å². The maximum absolute atomic E-state index is 12.9. The SMILES string of the molecule is C.CC(=O)c1cc(C(C)=O)cc(C(=O)c2ccc(OCCOCCOCCOc3ccc(C)cc3)cc2)c1. The number of carbonyl (C=O) groups excluding carboxylic acids is 3. The molecule has 38 heavy (non-hydrogen) atoms. The average molecular weight is 521 g/mol. The summed E-state index contributed by atoms with van der Waals surface area (Å²) < 4.78 is 22.3. The van der Waals surface area contributed by atoms with Crippen LogP contribution < -0.4 is 9.47 Å². The second-order valence-electron chi connectivity index (χ2n) is 8.50. The average Bonchev–Trinajstić information content (AvgIpc) is 2.90. The van der Waals surface area contributed by atoms with Crippen LogP contribution in [0.15, 0.2) is 66.7 Å². The van der Waals surface area contributed by atoms with Crippen LogP contribution in [0, 0.1) is 6.92 Å². The van der Waals surface area contributed by atoms with Gasteiger partial charge in [0.15, 0.2) is 17.3 Å². The van der Waals surface area contributed by atoms with Crippen LogP contribution in [0.4, 0.5) is 0 Å². The van der Waals surface area contributed by atoms with Crippen molar-refractivity contribution in [3.63, 3.8) is 0 Å². The first-order chi connectivity index (χ1) is 17.8. The third-order valence-corrected chi connectivity index (χ3v) is 5.51. The Morgan fingerprint density at radius 1 is 0.553 bits per heavy atom. The predicted molar refractivity (Wildman–Crippen MR) is 147 cm³/mol. The summed E-state index contributed by atoms with van der Waals surface area (Å²) >= 11 is 0. The molecule has 0 aliphatic rings. The molecule has 7 nitrogen and oxygen atoms in total. The summed E-state index contributed by atoms with van der Waals surface area (Å²) in [5, 5.41) is 0. The molecule has 0 fully saturated rings. The van der Waals surface area contributed by atoms with E-state index in [1.54, 1.807) is 24.3 Å². The summed E-state index contributed by atoms with van der Waals surface area (Å²) in [5.74, 6) is 0.740. The van der Waals surface area contributed by atoms with Crippen molar-refractivity contribution in [2.24, 2.45) is 0 Å². The lowest BCUT2D eigenvalue weighted by Crippen LogP contribution is -2.13. The van der Waals surface area contributed by atoms with E-state index in [9.17, 15) is 14.4 Å². The zero-order valence-corrected chi connectivity index (χ0v) is 21.5. The fourth-order valence-corrected chi connectivity index (χ4v) is 3.43. The lowest BCUT2D eigenvalue weighted by Gasteiger charge is -2.10. The lowest BCUT2D eigenvalue weighted by molar-refractivity contribution is 0.0273. The summed E-state index contributed by atoms with van der Waals surface area (Å²) in [6.45, 7) is 7.45. The molecule has 0 heterocycles. The summed E-state index contributed by atoms with van der Waals surface area (Å²) in [4.78, 5) is 36.5. The number of ether oxygens (including phenoxy) is 4. The zero-order chi connectivity index (χ0) is 26.6. The Balaban J connectivity index is 0.00000507. The molecule has 0 saturated heterocycles. The highest BCUT2D eigenvalue weighted by Crippen LogP contribution is 2.19. The molecule has 0 radical (unpaired) electrons. The third kappa shape index (κ3) is 9.57. The molecule has 0 N–H and O–H groups in total. The van der Waals surface area contributed by atoms with Gasteiger partial charge in [0, 0.05) is 22.3 Å². The topological polar surface area (TPSA) is 88.1 Å². The number of carbonyl (C=O) groups is 3. The molecule has 0 bridgehead atoms. The quantitative estimate of drug-likeness (QED) is 0.186. The third-order valence-electron chi connectivity index (χ3n) is 5.51. The lowest BCUT2D eigenvalue weighted by atomic mass is 9.96. The molecule has 7 heteroatoms. The molecule has 3 aromatic carbocycles. The van der Waals surface area contributed by atoms with Crippen LogP contribution in [-0.2, 0) is 9.47 Å². The Bertz CT molecular complexity index is 1170. The first-order valence-electron chi connectivity index (χ1n) is 12.1. The van der Waals surface area contributed by atoms with Crippen molar-refractivity contribution in [2.75, 3.05) is 39.6 Å². The van der Waals surface area contributed by atoms with Gasteiger partial charge >= 0.3 is 0 Å². The fourth-order valence-electron chi connectivity index (χ4n) is 3.43. The highest BCUT2D eigenvalue weighted by atomic mass is 16.6. The number of ketones is 3. The highest BCUT2D eigenvalue weighted by Gasteiger charge is 2.15. The summed E-state index contributed by atoms with van der Waals surface area (Å²) in [6.07, 6.45) is 0. The minimum atomic E-state index is -0.273. The Morgan fingerprint density at radius 3 is 1.39 bits per heavy atom. The first kappa shape index (κ1) is 30.4. The largest absolute Gasteiger partial charge is 0.491 e. The predicted octanol–water partition coefficient (Wildman–Crippen LogP) is 5.76. The Morgan fingerprint density at radius 2 is 0.947 bits per heavy atom. The van der Waals surface area contributed by atoms with E-state index < -0.39 is 0 Å². The van der Waals surface area contributed by atoms with Crippen LogP contribution in [0.3, 0.4) is 0 Å². The monoisotopic (exact) mass is 520 g/mol. The van der Waals surface area contributed by atoms with Gasteiger partial charge in [0.1, 0.15) is 24.7 Å². The Labute approximate surface area is 224 Å². The number of hydrogen-bond donors (Lipinski definition) is 0. The maximum atomic E-state index is 12.9. The molecule has 0 atom stereocenters. The second-order valence-corrected chi connectivity index (χ2v) is 8.50. The molecule has 0 aliphatic carbocycles. The Kier molecular flexibility index (Phi) is 12.4. The maximum Gasteiger partial charge on any atom is 0.193 e. The summed E-state index contributed by atoms with van der Waals surface area (Å²) in [7, 11) is 0. The van der Waals surface area contributed by atoms with Crippen LogP contribution in [-0.4, -0.2) is 57.0 Å². The molecule has 0 spiro atoms. The molecule has 0 aromatic heterocycles. The van der Waals surface area contributed by atoms with Crippen LogP contribution in [0.1, 0.15) is 63.5 Å². The van der Waals surface area contributed by atoms with E-state index in [1.807, 2.05) is 31.2 Å². The van der Waals surface area contributed by atoms with Crippen molar-refractivity contribution >= 4 is 17.3 Å². The summed E-state index contributed by atoms with van der Waals surface area (Å²) in [5.41, 5.74) is 2.58. The molecule has 0 saturated carbocycles. The number of Topliss-reactive ketones (excluding diaryl/α,β-unsaturated/α-hetero) is 2. The van der Waals surface area contributed by atoms with Gasteiger partial charge in [-0.1, -0.05) is 25.1 Å². The molecule has 202 valence electrons. The number of aryl methyl sites for hydroxylation is 1. The molecule has 3 rings (SSSR count). The fraction of sp³-hybridized carbons (Fsp3) is 0.323. The normalized spacial score (nSPS) is 10.4. The minimum absolute atomic E-state index is 0.